The monoisotopic (exact) mass is 358 g/mol. The van der Waals surface area contributed by atoms with Crippen molar-refractivity contribution in [3.63, 3.8) is 0 Å². The second-order valence-electron chi connectivity index (χ2n) is 5.84. The van der Waals surface area contributed by atoms with Crippen molar-refractivity contribution >= 4 is 23.4 Å². The molecule has 134 valence electrons. The fraction of sp³-hybridized carbons (Fsp3) is 0.350. The number of carbonyl (C=O) groups excluding carboxylic acids is 1. The molecular weight excluding hydrogens is 332 g/mol. The summed E-state index contributed by atoms with van der Waals surface area (Å²) in [6.45, 7) is 4.97. The van der Waals surface area contributed by atoms with Crippen LogP contribution in [0.1, 0.15) is 49.9 Å². The zero-order chi connectivity index (χ0) is 18.1. The molecule has 2 aromatic rings. The SMILES string of the molecule is CCCCNc1cc(C(=O)CCC)cc(SN)c1Oc1ccccc1. The Hall–Kier alpha value is -1.98. The molecule has 4 nitrogen and oxygen atoms in total. The number of nitrogens with two attached hydrogens (primary N) is 1. The predicted molar refractivity (Wildman–Crippen MR) is 106 cm³/mol. The van der Waals surface area contributed by atoms with Crippen LogP contribution in [0.15, 0.2) is 47.4 Å². The fourth-order valence-corrected chi connectivity index (χ4v) is 2.92. The molecule has 2 aromatic carbocycles. The highest BCUT2D eigenvalue weighted by Gasteiger charge is 2.16. The van der Waals surface area contributed by atoms with E-state index in [1.54, 1.807) is 0 Å². The molecule has 0 fully saturated rings. The van der Waals surface area contributed by atoms with Gasteiger partial charge in [0.05, 0.1) is 10.6 Å². The fourth-order valence-electron chi connectivity index (χ4n) is 2.46. The van der Waals surface area contributed by atoms with E-state index in [2.05, 4.69) is 12.2 Å². The third kappa shape index (κ3) is 5.51. The van der Waals surface area contributed by atoms with Crippen LogP contribution in [0.3, 0.4) is 0 Å². The van der Waals surface area contributed by atoms with Gasteiger partial charge in [-0.15, -0.1) is 0 Å². The van der Waals surface area contributed by atoms with E-state index in [1.807, 2.05) is 49.4 Å². The number of unbranched alkanes of at least 4 members (excludes halogenated alkanes) is 1. The summed E-state index contributed by atoms with van der Waals surface area (Å²) >= 11 is 1.10. The normalized spacial score (nSPS) is 10.5. The Bertz CT molecular complexity index is 690. The molecule has 0 aliphatic rings. The molecule has 0 unspecified atom stereocenters. The standard InChI is InChI=1S/C20H26N2O2S/c1-3-5-12-22-17-13-15(18(23)9-4-2)14-19(25-21)20(17)24-16-10-7-6-8-11-16/h6-8,10-11,13-14,22H,3-5,9,12,21H2,1-2H3. The first-order valence-corrected chi connectivity index (χ1v) is 9.62. The Labute approximate surface area is 154 Å². The lowest BCUT2D eigenvalue weighted by molar-refractivity contribution is 0.0981. The van der Waals surface area contributed by atoms with E-state index in [1.165, 1.54) is 0 Å². The Morgan fingerprint density at radius 3 is 2.56 bits per heavy atom. The van der Waals surface area contributed by atoms with E-state index in [4.69, 9.17) is 9.88 Å². The molecule has 0 atom stereocenters. The summed E-state index contributed by atoms with van der Waals surface area (Å²) in [6, 6.07) is 13.3. The molecule has 0 saturated heterocycles. The zero-order valence-corrected chi connectivity index (χ0v) is 15.7. The highest BCUT2D eigenvalue weighted by Crippen LogP contribution is 2.39. The maximum absolute atomic E-state index is 12.3. The molecule has 3 N–H and O–H groups in total. The lowest BCUT2D eigenvalue weighted by atomic mass is 10.1. The van der Waals surface area contributed by atoms with Crippen molar-refractivity contribution in [2.75, 3.05) is 11.9 Å². The van der Waals surface area contributed by atoms with E-state index >= 15 is 0 Å². The van der Waals surface area contributed by atoms with Crippen molar-refractivity contribution < 1.29 is 9.53 Å². The topological polar surface area (TPSA) is 64.4 Å². The number of rotatable bonds is 10. The molecule has 0 amide bonds. The van der Waals surface area contributed by atoms with Gasteiger partial charge in [-0.2, -0.15) is 0 Å². The molecule has 0 saturated carbocycles. The van der Waals surface area contributed by atoms with E-state index in [9.17, 15) is 4.79 Å². The van der Waals surface area contributed by atoms with Crippen LogP contribution in [0.25, 0.3) is 0 Å². The lowest BCUT2D eigenvalue weighted by Gasteiger charge is -2.17. The summed E-state index contributed by atoms with van der Waals surface area (Å²) in [4.78, 5) is 13.1. The molecule has 0 aromatic heterocycles. The van der Waals surface area contributed by atoms with Crippen molar-refractivity contribution in [1.29, 1.82) is 0 Å². The first kappa shape index (κ1) is 19.3. The van der Waals surface area contributed by atoms with Crippen LogP contribution in [-0.4, -0.2) is 12.3 Å². The van der Waals surface area contributed by atoms with Crippen molar-refractivity contribution in [3.05, 3.63) is 48.0 Å². The van der Waals surface area contributed by atoms with Gasteiger partial charge in [0.1, 0.15) is 5.75 Å². The molecule has 0 aliphatic heterocycles. The van der Waals surface area contributed by atoms with Crippen LogP contribution in [0, 0.1) is 0 Å². The molecule has 0 radical (unpaired) electrons. The Kier molecular flexibility index (Phi) is 7.82. The summed E-state index contributed by atoms with van der Waals surface area (Å²) in [5.74, 6) is 1.54. The summed E-state index contributed by atoms with van der Waals surface area (Å²) in [6.07, 6.45) is 3.49. The number of hydrogen-bond donors (Lipinski definition) is 2. The molecule has 0 spiro atoms. The number of ketones is 1. The third-order valence-electron chi connectivity index (χ3n) is 3.79. The van der Waals surface area contributed by atoms with Gasteiger partial charge in [-0.1, -0.05) is 38.5 Å². The number of anilines is 1. The van der Waals surface area contributed by atoms with Gasteiger partial charge in [0, 0.05) is 18.5 Å². The highest BCUT2D eigenvalue weighted by atomic mass is 32.2. The predicted octanol–water partition coefficient (Wildman–Crippen LogP) is 5.64. The number of nitrogens with one attached hydrogen (secondary N) is 1. The van der Waals surface area contributed by atoms with Gasteiger partial charge in [0.2, 0.25) is 0 Å². The number of Topliss-reactive ketones (excluding diaryl/α,β-unsaturated/α-hetero) is 1. The summed E-state index contributed by atoms with van der Waals surface area (Å²) in [5, 5.41) is 9.27. The quantitative estimate of drug-likeness (QED) is 0.327. The van der Waals surface area contributed by atoms with Crippen LogP contribution in [0.2, 0.25) is 0 Å². The number of benzene rings is 2. The van der Waals surface area contributed by atoms with Gasteiger partial charge in [-0.25, -0.2) is 0 Å². The molecule has 0 heterocycles. The van der Waals surface area contributed by atoms with Gasteiger partial charge in [-0.3, -0.25) is 9.93 Å². The van der Waals surface area contributed by atoms with Gasteiger partial charge in [0.15, 0.2) is 11.5 Å². The maximum Gasteiger partial charge on any atom is 0.165 e. The smallest absolute Gasteiger partial charge is 0.165 e. The minimum atomic E-state index is 0.127. The van der Waals surface area contributed by atoms with Gasteiger partial charge in [-0.05, 0) is 49.1 Å². The average Bonchev–Trinajstić information content (AvgIpc) is 2.64. The number of ether oxygens (including phenoxy) is 1. The zero-order valence-electron chi connectivity index (χ0n) is 14.9. The molecular formula is C20H26N2O2S. The summed E-state index contributed by atoms with van der Waals surface area (Å²) < 4.78 is 6.08. The molecule has 0 bridgehead atoms. The molecule has 0 aliphatic carbocycles. The molecule has 25 heavy (non-hydrogen) atoms. The van der Waals surface area contributed by atoms with E-state index < -0.39 is 0 Å². The third-order valence-corrected chi connectivity index (χ3v) is 4.35. The first-order valence-electron chi connectivity index (χ1n) is 8.74. The van der Waals surface area contributed by atoms with Crippen molar-refractivity contribution in [2.24, 2.45) is 5.14 Å². The van der Waals surface area contributed by atoms with Crippen molar-refractivity contribution in [3.8, 4) is 11.5 Å². The Morgan fingerprint density at radius 2 is 1.92 bits per heavy atom. The number of carbonyl (C=O) groups is 1. The largest absolute Gasteiger partial charge is 0.454 e. The molecule has 5 heteroatoms. The van der Waals surface area contributed by atoms with Crippen LogP contribution in [0.4, 0.5) is 5.69 Å². The molecule has 2 rings (SSSR count). The van der Waals surface area contributed by atoms with E-state index in [-0.39, 0.29) is 5.78 Å². The second-order valence-corrected chi connectivity index (χ2v) is 6.51. The van der Waals surface area contributed by atoms with Crippen LogP contribution in [-0.2, 0) is 0 Å². The van der Waals surface area contributed by atoms with Crippen molar-refractivity contribution in [2.45, 2.75) is 44.4 Å². The van der Waals surface area contributed by atoms with Gasteiger partial charge < -0.3 is 10.1 Å². The lowest BCUT2D eigenvalue weighted by Crippen LogP contribution is -2.07. The van der Waals surface area contributed by atoms with Crippen LogP contribution >= 0.6 is 11.9 Å². The Morgan fingerprint density at radius 1 is 1.16 bits per heavy atom. The number of hydrogen-bond acceptors (Lipinski definition) is 5. The Balaban J connectivity index is 2.40. The highest BCUT2D eigenvalue weighted by molar-refractivity contribution is 7.97. The van der Waals surface area contributed by atoms with Crippen LogP contribution in [0.5, 0.6) is 11.5 Å². The first-order chi connectivity index (χ1) is 12.2. The van der Waals surface area contributed by atoms with E-state index in [0.717, 1.165) is 54.1 Å². The summed E-state index contributed by atoms with van der Waals surface area (Å²) in [5.41, 5.74) is 1.49. The summed E-state index contributed by atoms with van der Waals surface area (Å²) in [7, 11) is 0. The van der Waals surface area contributed by atoms with Crippen LogP contribution < -0.4 is 15.2 Å². The second kappa shape index (κ2) is 10.1. The minimum absolute atomic E-state index is 0.127. The van der Waals surface area contributed by atoms with Crippen molar-refractivity contribution in [1.82, 2.24) is 0 Å². The van der Waals surface area contributed by atoms with Gasteiger partial charge >= 0.3 is 0 Å². The van der Waals surface area contributed by atoms with Gasteiger partial charge in [0.25, 0.3) is 0 Å². The number of para-hydroxylation sites is 1. The average molecular weight is 359 g/mol. The maximum atomic E-state index is 12.3. The van der Waals surface area contributed by atoms with E-state index in [0.29, 0.717) is 17.7 Å². The minimum Gasteiger partial charge on any atom is -0.454 e.